The first-order chi connectivity index (χ1) is 11.4. The van der Waals surface area contributed by atoms with E-state index in [1.807, 2.05) is 26.8 Å². The highest BCUT2D eigenvalue weighted by molar-refractivity contribution is 7.89. The minimum Gasteiger partial charge on any atom is -0.492 e. The molecule has 5 nitrogen and oxygen atoms in total. The molecule has 0 unspecified atom stereocenters. The van der Waals surface area contributed by atoms with Gasteiger partial charge in [0.05, 0.1) is 6.61 Å². The van der Waals surface area contributed by atoms with Gasteiger partial charge in [0.2, 0.25) is 10.0 Å². The zero-order chi connectivity index (χ0) is 19.0. The van der Waals surface area contributed by atoms with Crippen LogP contribution in [-0.2, 0) is 10.0 Å². The molecular formula is C19H32N2O3S. The average Bonchev–Trinajstić information content (AvgIpc) is 2.38. The van der Waals surface area contributed by atoms with E-state index < -0.39 is 10.0 Å². The van der Waals surface area contributed by atoms with Crippen LogP contribution in [0.1, 0.15) is 58.6 Å². The number of sulfonamides is 1. The molecule has 0 radical (unpaired) electrons. The van der Waals surface area contributed by atoms with Gasteiger partial charge in [-0.1, -0.05) is 0 Å². The van der Waals surface area contributed by atoms with Crippen molar-refractivity contribution in [2.75, 3.05) is 6.61 Å². The molecule has 2 N–H and O–H groups in total. The van der Waals surface area contributed by atoms with Gasteiger partial charge in [0, 0.05) is 17.1 Å². The molecule has 1 aromatic rings. The molecule has 0 atom stereocenters. The highest BCUT2D eigenvalue weighted by Gasteiger charge is 2.39. The van der Waals surface area contributed by atoms with Gasteiger partial charge < -0.3 is 10.1 Å². The quantitative estimate of drug-likeness (QED) is 0.837. The molecule has 0 saturated carbocycles. The van der Waals surface area contributed by atoms with E-state index in [9.17, 15) is 8.42 Å². The Hall–Kier alpha value is -1.11. The summed E-state index contributed by atoms with van der Waals surface area (Å²) in [5, 5.41) is 3.58. The molecule has 6 heteroatoms. The van der Waals surface area contributed by atoms with Crippen LogP contribution in [0.2, 0.25) is 0 Å². The minimum absolute atomic E-state index is 0.118. The molecule has 0 aliphatic carbocycles. The highest BCUT2D eigenvalue weighted by atomic mass is 32.2. The Balaban J connectivity index is 2.35. The molecule has 0 spiro atoms. The average molecular weight is 369 g/mol. The Kier molecular flexibility index (Phi) is 5.57. The van der Waals surface area contributed by atoms with Gasteiger partial charge in [0.15, 0.2) is 0 Å². The van der Waals surface area contributed by atoms with Crippen LogP contribution in [0.5, 0.6) is 5.75 Å². The van der Waals surface area contributed by atoms with Crippen molar-refractivity contribution in [3.05, 3.63) is 23.3 Å². The first-order valence-electron chi connectivity index (χ1n) is 8.91. The summed E-state index contributed by atoms with van der Waals surface area (Å²) in [6, 6.07) is 3.40. The maximum atomic E-state index is 13.1. The van der Waals surface area contributed by atoms with Crippen molar-refractivity contribution < 1.29 is 13.2 Å². The number of ether oxygens (including phenoxy) is 1. The van der Waals surface area contributed by atoms with Crippen LogP contribution < -0.4 is 14.8 Å². The molecule has 1 aromatic carbocycles. The van der Waals surface area contributed by atoms with Gasteiger partial charge in [0.1, 0.15) is 10.6 Å². The Morgan fingerprint density at radius 1 is 1.12 bits per heavy atom. The number of nitrogens with one attached hydrogen (secondary N) is 2. The van der Waals surface area contributed by atoms with Crippen molar-refractivity contribution in [2.45, 2.75) is 83.3 Å². The van der Waals surface area contributed by atoms with Crippen LogP contribution in [-0.4, -0.2) is 32.1 Å². The molecule has 2 rings (SSSR count). The van der Waals surface area contributed by atoms with E-state index in [2.05, 4.69) is 37.7 Å². The van der Waals surface area contributed by atoms with Crippen molar-refractivity contribution in [3.63, 3.8) is 0 Å². The van der Waals surface area contributed by atoms with Gasteiger partial charge in [-0.3, -0.25) is 0 Å². The van der Waals surface area contributed by atoms with Crippen molar-refractivity contribution >= 4 is 10.0 Å². The van der Waals surface area contributed by atoms with E-state index in [0.29, 0.717) is 12.4 Å². The Morgan fingerprint density at radius 3 is 2.16 bits per heavy atom. The summed E-state index contributed by atoms with van der Waals surface area (Å²) in [4.78, 5) is 0.228. The van der Waals surface area contributed by atoms with Crippen molar-refractivity contribution in [2.24, 2.45) is 0 Å². The summed E-state index contributed by atoms with van der Waals surface area (Å²) in [5.74, 6) is 0.422. The highest BCUT2D eigenvalue weighted by Crippen LogP contribution is 2.32. The number of hydrogen-bond donors (Lipinski definition) is 2. The lowest BCUT2D eigenvalue weighted by Gasteiger charge is -2.46. The van der Waals surface area contributed by atoms with E-state index >= 15 is 0 Å². The number of piperidine rings is 1. The lowest BCUT2D eigenvalue weighted by molar-refractivity contribution is 0.157. The molecule has 1 heterocycles. The van der Waals surface area contributed by atoms with Crippen molar-refractivity contribution in [3.8, 4) is 5.75 Å². The predicted molar refractivity (Wildman–Crippen MR) is 102 cm³/mol. The Bertz CT molecular complexity index is 723. The fraction of sp³-hybridized carbons (Fsp3) is 0.684. The topological polar surface area (TPSA) is 67.4 Å². The molecule has 0 aromatic heterocycles. The molecule has 25 heavy (non-hydrogen) atoms. The van der Waals surface area contributed by atoms with E-state index in [1.165, 1.54) is 0 Å². The molecular weight excluding hydrogens is 336 g/mol. The van der Waals surface area contributed by atoms with Gasteiger partial charge in [-0.2, -0.15) is 0 Å². The summed E-state index contributed by atoms with van der Waals surface area (Å²) in [7, 11) is -3.66. The summed E-state index contributed by atoms with van der Waals surface area (Å²) in [6.45, 7) is 14.6. The fourth-order valence-corrected chi connectivity index (χ4v) is 5.38. The van der Waals surface area contributed by atoms with Crippen molar-refractivity contribution in [1.82, 2.24) is 10.0 Å². The van der Waals surface area contributed by atoms with Crippen molar-refractivity contribution in [1.29, 1.82) is 0 Å². The third kappa shape index (κ3) is 4.96. The molecule has 0 amide bonds. The van der Waals surface area contributed by atoms with Crippen LogP contribution in [0.4, 0.5) is 0 Å². The Labute approximate surface area is 152 Å². The second-order valence-electron chi connectivity index (χ2n) is 8.44. The molecule has 142 valence electrons. The van der Waals surface area contributed by atoms with Crippen LogP contribution in [0.3, 0.4) is 0 Å². The van der Waals surface area contributed by atoms with Gasteiger partial charge in [0.25, 0.3) is 0 Å². The second-order valence-corrected chi connectivity index (χ2v) is 10.1. The van der Waals surface area contributed by atoms with Gasteiger partial charge in [-0.05, 0) is 84.6 Å². The number of benzene rings is 1. The Morgan fingerprint density at radius 2 is 1.64 bits per heavy atom. The van der Waals surface area contributed by atoms with Crippen LogP contribution in [0, 0.1) is 13.8 Å². The second kappa shape index (κ2) is 6.89. The lowest BCUT2D eigenvalue weighted by Crippen LogP contribution is -2.62. The van der Waals surface area contributed by atoms with Crippen LogP contribution in [0.25, 0.3) is 0 Å². The number of aryl methyl sites for hydroxylation is 2. The summed E-state index contributed by atoms with van der Waals surface area (Å²) < 4.78 is 34.7. The minimum atomic E-state index is -3.66. The summed E-state index contributed by atoms with van der Waals surface area (Å²) >= 11 is 0. The smallest absolute Gasteiger partial charge is 0.244 e. The number of hydrogen-bond acceptors (Lipinski definition) is 4. The third-order valence-electron chi connectivity index (χ3n) is 4.66. The summed E-state index contributed by atoms with van der Waals surface area (Å²) in [5.41, 5.74) is 1.71. The SMILES string of the molecule is CCOc1cc(C)c(C)cc1S(=O)(=O)NC1CC(C)(C)NC(C)(C)C1. The van der Waals surface area contributed by atoms with Gasteiger partial charge in [-0.15, -0.1) is 0 Å². The van der Waals surface area contributed by atoms with E-state index in [1.54, 1.807) is 6.07 Å². The zero-order valence-corrected chi connectivity index (χ0v) is 17.3. The summed E-state index contributed by atoms with van der Waals surface area (Å²) in [6.07, 6.45) is 1.48. The maximum absolute atomic E-state index is 13.1. The molecule has 0 bridgehead atoms. The lowest BCUT2D eigenvalue weighted by atomic mass is 9.80. The van der Waals surface area contributed by atoms with Crippen LogP contribution >= 0.6 is 0 Å². The monoisotopic (exact) mass is 368 g/mol. The van der Waals surface area contributed by atoms with Gasteiger partial charge >= 0.3 is 0 Å². The van der Waals surface area contributed by atoms with Gasteiger partial charge in [-0.25, -0.2) is 13.1 Å². The van der Waals surface area contributed by atoms with E-state index in [4.69, 9.17) is 4.74 Å². The molecule has 1 saturated heterocycles. The first kappa shape index (κ1) is 20.2. The zero-order valence-electron chi connectivity index (χ0n) is 16.5. The maximum Gasteiger partial charge on any atom is 0.244 e. The standard InChI is InChI=1S/C19H32N2O3S/c1-8-24-16-9-13(2)14(3)10-17(16)25(22,23)20-15-11-18(4,5)21-19(6,7)12-15/h9-10,15,20-21H,8,11-12H2,1-7H3. The first-order valence-corrected chi connectivity index (χ1v) is 10.4. The van der Waals surface area contributed by atoms with Crippen LogP contribution in [0.15, 0.2) is 17.0 Å². The fourth-order valence-electron chi connectivity index (χ4n) is 3.93. The third-order valence-corrected chi connectivity index (χ3v) is 6.20. The molecule has 1 aliphatic heterocycles. The molecule has 1 fully saturated rings. The van der Waals surface area contributed by atoms with E-state index in [0.717, 1.165) is 24.0 Å². The largest absolute Gasteiger partial charge is 0.492 e. The number of rotatable bonds is 5. The van der Waals surface area contributed by atoms with E-state index in [-0.39, 0.29) is 22.0 Å². The molecule has 1 aliphatic rings. The normalized spacial score (nSPS) is 20.4. The predicted octanol–water partition coefficient (Wildman–Crippen LogP) is 3.29.